The van der Waals surface area contributed by atoms with Crippen molar-refractivity contribution in [1.29, 1.82) is 0 Å². The summed E-state index contributed by atoms with van der Waals surface area (Å²) in [5.74, 6) is 0.800. The van der Waals surface area contributed by atoms with E-state index in [4.69, 9.17) is 10.5 Å². The summed E-state index contributed by atoms with van der Waals surface area (Å²) < 4.78 is 5.32. The third kappa shape index (κ3) is 3.97. The number of nitrogens with zero attached hydrogens (tertiary/aromatic N) is 3. The molecule has 19 heavy (non-hydrogen) atoms. The molecule has 0 aromatic carbocycles. The molecule has 3 N–H and O–H groups in total. The Morgan fingerprint density at radius 3 is 2.74 bits per heavy atom. The zero-order valence-corrected chi connectivity index (χ0v) is 11.6. The minimum absolute atomic E-state index is 0.0691. The minimum atomic E-state index is -0.0691. The third-order valence-electron chi connectivity index (χ3n) is 2.50. The van der Waals surface area contributed by atoms with Crippen LogP contribution in [0, 0.1) is 0 Å². The van der Waals surface area contributed by atoms with Crippen molar-refractivity contribution < 1.29 is 9.53 Å². The van der Waals surface area contributed by atoms with Crippen molar-refractivity contribution in [3.05, 3.63) is 6.33 Å². The minimum Gasteiger partial charge on any atom is -0.476 e. The highest BCUT2D eigenvalue weighted by molar-refractivity contribution is 5.82. The van der Waals surface area contributed by atoms with Crippen molar-refractivity contribution in [1.82, 2.24) is 15.3 Å². The van der Waals surface area contributed by atoms with E-state index in [2.05, 4.69) is 15.3 Å². The van der Waals surface area contributed by atoms with Gasteiger partial charge < -0.3 is 20.7 Å². The first-order valence-corrected chi connectivity index (χ1v) is 6.38. The summed E-state index contributed by atoms with van der Waals surface area (Å²) in [5, 5.41) is 2.74. The van der Waals surface area contributed by atoms with E-state index >= 15 is 0 Å². The molecule has 0 aliphatic heterocycles. The first-order valence-electron chi connectivity index (χ1n) is 6.38. The predicted molar refractivity (Wildman–Crippen MR) is 74.2 cm³/mol. The molecular weight excluding hydrogens is 246 g/mol. The molecule has 0 aliphatic rings. The van der Waals surface area contributed by atoms with Crippen LogP contribution in [0.4, 0.5) is 11.5 Å². The Balaban J connectivity index is 2.91. The van der Waals surface area contributed by atoms with Gasteiger partial charge in [-0.3, -0.25) is 4.79 Å². The van der Waals surface area contributed by atoms with Crippen LogP contribution in [0.25, 0.3) is 0 Å². The lowest BCUT2D eigenvalue weighted by Gasteiger charge is -2.23. The number of carbonyl (C=O) groups excluding carboxylic acids is 1. The van der Waals surface area contributed by atoms with Gasteiger partial charge in [0.2, 0.25) is 11.8 Å². The quantitative estimate of drug-likeness (QED) is 0.743. The van der Waals surface area contributed by atoms with Gasteiger partial charge in [0.25, 0.3) is 0 Å². The predicted octanol–water partition coefficient (Wildman–Crippen LogP) is 0.420. The summed E-state index contributed by atoms with van der Waals surface area (Å²) in [6.07, 6.45) is 1.39. The number of likely N-dealkylation sites (N-methyl/N-ethyl adjacent to an activating group) is 2. The molecule has 0 radical (unpaired) electrons. The Morgan fingerprint density at radius 1 is 1.42 bits per heavy atom. The van der Waals surface area contributed by atoms with Crippen LogP contribution in [0.2, 0.25) is 0 Å². The summed E-state index contributed by atoms with van der Waals surface area (Å²) in [4.78, 5) is 21.5. The molecule has 0 fully saturated rings. The normalized spacial score (nSPS) is 10.1. The van der Waals surface area contributed by atoms with Gasteiger partial charge in [-0.2, -0.15) is 4.98 Å². The van der Waals surface area contributed by atoms with Crippen LogP contribution < -0.4 is 20.7 Å². The van der Waals surface area contributed by atoms with E-state index in [1.54, 1.807) is 4.90 Å². The highest BCUT2D eigenvalue weighted by Crippen LogP contribution is 2.27. The average Bonchev–Trinajstić information content (AvgIpc) is 2.39. The van der Waals surface area contributed by atoms with Crippen molar-refractivity contribution in [2.45, 2.75) is 20.8 Å². The SMILES string of the molecule is CCNC(=O)CN(CC)c1ncnc(OCC)c1N. The fourth-order valence-corrected chi connectivity index (χ4v) is 1.64. The number of nitrogens with one attached hydrogen (secondary N) is 1. The number of hydrogen-bond acceptors (Lipinski definition) is 6. The van der Waals surface area contributed by atoms with Gasteiger partial charge in [-0.25, -0.2) is 4.98 Å². The topological polar surface area (TPSA) is 93.4 Å². The van der Waals surface area contributed by atoms with Crippen LogP contribution in [0.1, 0.15) is 20.8 Å². The van der Waals surface area contributed by atoms with Gasteiger partial charge in [0.15, 0.2) is 5.82 Å². The molecule has 7 nitrogen and oxygen atoms in total. The smallest absolute Gasteiger partial charge is 0.242 e. The highest BCUT2D eigenvalue weighted by atomic mass is 16.5. The fraction of sp³-hybridized carbons (Fsp3) is 0.583. The molecule has 0 bridgehead atoms. The molecular formula is C12H21N5O2. The molecule has 1 aromatic heterocycles. The average molecular weight is 267 g/mol. The summed E-state index contributed by atoms with van der Waals surface area (Å²) in [6.45, 7) is 7.55. The molecule has 1 heterocycles. The number of amides is 1. The molecule has 1 aromatic rings. The number of anilines is 2. The maximum absolute atomic E-state index is 11.6. The Labute approximate surface area is 113 Å². The van der Waals surface area contributed by atoms with Crippen molar-refractivity contribution in [2.24, 2.45) is 0 Å². The van der Waals surface area contributed by atoms with E-state index in [-0.39, 0.29) is 12.5 Å². The maximum atomic E-state index is 11.6. The number of carbonyl (C=O) groups is 1. The number of rotatable bonds is 7. The van der Waals surface area contributed by atoms with Crippen LogP contribution in [0.15, 0.2) is 6.33 Å². The van der Waals surface area contributed by atoms with Crippen molar-refractivity contribution in [3.63, 3.8) is 0 Å². The van der Waals surface area contributed by atoms with E-state index in [0.29, 0.717) is 37.1 Å². The van der Waals surface area contributed by atoms with Crippen LogP contribution in [0.5, 0.6) is 5.88 Å². The lowest BCUT2D eigenvalue weighted by molar-refractivity contribution is -0.119. The van der Waals surface area contributed by atoms with Crippen LogP contribution in [-0.4, -0.2) is 42.1 Å². The Kier molecular flexibility index (Phi) is 5.84. The van der Waals surface area contributed by atoms with E-state index < -0.39 is 0 Å². The van der Waals surface area contributed by atoms with Gasteiger partial charge in [0.05, 0.1) is 13.2 Å². The van der Waals surface area contributed by atoms with E-state index in [1.807, 2.05) is 20.8 Å². The Morgan fingerprint density at radius 2 is 2.16 bits per heavy atom. The first-order chi connectivity index (χ1) is 9.13. The van der Waals surface area contributed by atoms with E-state index in [0.717, 1.165) is 0 Å². The molecule has 0 saturated heterocycles. The second kappa shape index (κ2) is 7.40. The molecule has 1 rings (SSSR count). The number of aromatic nitrogens is 2. The van der Waals surface area contributed by atoms with Gasteiger partial charge in [0.1, 0.15) is 12.0 Å². The molecule has 7 heteroatoms. The van der Waals surface area contributed by atoms with Gasteiger partial charge in [-0.15, -0.1) is 0 Å². The maximum Gasteiger partial charge on any atom is 0.242 e. The van der Waals surface area contributed by atoms with Crippen LogP contribution >= 0.6 is 0 Å². The van der Waals surface area contributed by atoms with Gasteiger partial charge in [-0.1, -0.05) is 0 Å². The molecule has 1 amide bonds. The lowest BCUT2D eigenvalue weighted by Crippen LogP contribution is -2.37. The number of nitrogen functional groups attached to an aromatic ring is 1. The molecule has 106 valence electrons. The highest BCUT2D eigenvalue weighted by Gasteiger charge is 2.16. The number of ether oxygens (including phenoxy) is 1. The molecule has 0 aliphatic carbocycles. The zero-order chi connectivity index (χ0) is 14.3. The fourth-order valence-electron chi connectivity index (χ4n) is 1.64. The Bertz CT molecular complexity index is 425. The standard InChI is InChI=1S/C12H21N5O2/c1-4-14-9(18)7-17(5-2)11-10(13)12(19-6-3)16-8-15-11/h8H,4-7,13H2,1-3H3,(H,14,18). The number of nitrogens with two attached hydrogens (primary N) is 1. The van der Waals surface area contributed by atoms with Crippen molar-refractivity contribution in [3.8, 4) is 5.88 Å². The molecule has 0 unspecified atom stereocenters. The monoisotopic (exact) mass is 267 g/mol. The van der Waals surface area contributed by atoms with E-state index in [1.165, 1.54) is 6.33 Å². The summed E-state index contributed by atoms with van der Waals surface area (Å²) in [6, 6.07) is 0. The molecule has 0 saturated carbocycles. The lowest BCUT2D eigenvalue weighted by atomic mass is 10.3. The first kappa shape index (κ1) is 15.0. The van der Waals surface area contributed by atoms with Gasteiger partial charge in [0, 0.05) is 13.1 Å². The third-order valence-corrected chi connectivity index (χ3v) is 2.50. The summed E-state index contributed by atoms with van der Waals surface area (Å²) in [5.41, 5.74) is 6.33. The van der Waals surface area contributed by atoms with Gasteiger partial charge in [-0.05, 0) is 20.8 Å². The Hall–Kier alpha value is -2.05. The second-order valence-corrected chi connectivity index (χ2v) is 3.82. The van der Waals surface area contributed by atoms with Gasteiger partial charge >= 0.3 is 0 Å². The van der Waals surface area contributed by atoms with Crippen molar-refractivity contribution in [2.75, 3.05) is 36.9 Å². The summed E-state index contributed by atoms with van der Waals surface area (Å²) >= 11 is 0. The number of hydrogen-bond donors (Lipinski definition) is 2. The van der Waals surface area contributed by atoms with Crippen LogP contribution in [-0.2, 0) is 4.79 Å². The largest absolute Gasteiger partial charge is 0.476 e. The molecule has 0 spiro atoms. The molecule has 0 atom stereocenters. The van der Waals surface area contributed by atoms with Crippen LogP contribution in [0.3, 0.4) is 0 Å². The second-order valence-electron chi connectivity index (χ2n) is 3.82. The van der Waals surface area contributed by atoms with E-state index in [9.17, 15) is 4.79 Å². The van der Waals surface area contributed by atoms with Crippen molar-refractivity contribution >= 4 is 17.4 Å². The zero-order valence-electron chi connectivity index (χ0n) is 11.6. The summed E-state index contributed by atoms with van der Waals surface area (Å²) in [7, 11) is 0.